The molecule has 4 rings (SSSR count). The number of hydrogen-bond acceptors (Lipinski definition) is 4. The molecule has 3 aromatic carbocycles. The van der Waals surface area contributed by atoms with Crippen LogP contribution in [-0.4, -0.2) is 49.4 Å². The molecule has 0 radical (unpaired) electrons. The summed E-state index contributed by atoms with van der Waals surface area (Å²) in [7, 11) is 3.74. The Labute approximate surface area is 240 Å². The average Bonchev–Trinajstić information content (AvgIpc) is 2.85. The second-order valence-electron chi connectivity index (χ2n) is 9.85. The van der Waals surface area contributed by atoms with Crippen molar-refractivity contribution < 1.29 is 22.7 Å². The molecule has 212 valence electrons. The second-order valence-corrected chi connectivity index (χ2v) is 9.85. The number of rotatable bonds is 8. The first-order valence-electron chi connectivity index (χ1n) is 12.4. The Bertz CT molecular complexity index is 1250. The number of piperidine rings is 1. The molecule has 0 unspecified atom stereocenters. The van der Waals surface area contributed by atoms with Crippen LogP contribution in [0, 0.1) is 24.4 Å². The molecular weight excluding hydrogens is 550 g/mol. The monoisotopic (exact) mass is 583 g/mol. The molecule has 5 nitrogen and oxygen atoms in total. The van der Waals surface area contributed by atoms with Crippen LogP contribution >= 0.6 is 24.8 Å². The van der Waals surface area contributed by atoms with Gasteiger partial charge in [0.1, 0.15) is 5.75 Å². The minimum Gasteiger partial charge on any atom is -0.454 e. The van der Waals surface area contributed by atoms with Crippen molar-refractivity contribution in [3.05, 3.63) is 88.7 Å². The standard InChI is InChI=1S/C29H32F3N3O2.2ClH/c1-19-4-7-22(33-29(36)18-34(2)3)14-24(19)21-10-12-35(13-11-21)17-20-5-8-23(9-6-20)37-28-16-26(31)25(30)15-27(28)32;;/h4-9,14-16,21H,10-13,17-18H2,1-3H3,(H,33,36);2*1H. The van der Waals surface area contributed by atoms with Crippen molar-refractivity contribution >= 4 is 36.4 Å². The SMILES string of the molecule is Cc1ccc(NC(=O)CN(C)C)cc1C1CCN(Cc2ccc(Oc3cc(F)c(F)cc3F)cc2)CC1.Cl.Cl. The van der Waals surface area contributed by atoms with Gasteiger partial charge in [0.2, 0.25) is 5.91 Å². The minimum absolute atomic E-state index is 0. The summed E-state index contributed by atoms with van der Waals surface area (Å²) in [6.45, 7) is 5.12. The number of aryl methyl sites for hydroxylation is 1. The van der Waals surface area contributed by atoms with E-state index in [1.165, 1.54) is 11.1 Å². The maximum atomic E-state index is 13.8. The highest BCUT2D eigenvalue weighted by Gasteiger charge is 2.22. The topological polar surface area (TPSA) is 44.8 Å². The van der Waals surface area contributed by atoms with Crippen LogP contribution in [0.25, 0.3) is 0 Å². The molecule has 0 spiro atoms. The van der Waals surface area contributed by atoms with Gasteiger partial charge in [-0.2, -0.15) is 0 Å². The van der Waals surface area contributed by atoms with Crippen molar-refractivity contribution in [1.82, 2.24) is 9.80 Å². The summed E-state index contributed by atoms with van der Waals surface area (Å²) >= 11 is 0. The molecule has 0 atom stereocenters. The lowest BCUT2D eigenvalue weighted by molar-refractivity contribution is -0.116. The number of halogens is 5. The molecule has 1 fully saturated rings. The number of likely N-dealkylation sites (tertiary alicyclic amines) is 1. The third-order valence-corrected chi connectivity index (χ3v) is 6.58. The van der Waals surface area contributed by atoms with Crippen LogP contribution in [0.3, 0.4) is 0 Å². The van der Waals surface area contributed by atoms with Gasteiger partial charge < -0.3 is 15.0 Å². The highest BCUT2D eigenvalue weighted by Crippen LogP contribution is 2.33. The molecule has 0 bridgehead atoms. The van der Waals surface area contributed by atoms with Gasteiger partial charge in [-0.05, 0) is 93.8 Å². The van der Waals surface area contributed by atoms with E-state index in [4.69, 9.17) is 4.74 Å². The van der Waals surface area contributed by atoms with Crippen molar-refractivity contribution in [3.63, 3.8) is 0 Å². The molecule has 1 heterocycles. The zero-order chi connectivity index (χ0) is 26.5. The summed E-state index contributed by atoms with van der Waals surface area (Å²) in [6.07, 6.45) is 2.04. The summed E-state index contributed by atoms with van der Waals surface area (Å²) in [5.41, 5.74) is 4.43. The van der Waals surface area contributed by atoms with E-state index < -0.39 is 17.5 Å². The maximum absolute atomic E-state index is 13.8. The Balaban J connectivity index is 0.00000267. The molecule has 1 saturated heterocycles. The maximum Gasteiger partial charge on any atom is 0.238 e. The number of anilines is 1. The van der Waals surface area contributed by atoms with Gasteiger partial charge in [-0.3, -0.25) is 9.69 Å². The lowest BCUT2D eigenvalue weighted by Crippen LogP contribution is -2.32. The van der Waals surface area contributed by atoms with Gasteiger partial charge >= 0.3 is 0 Å². The number of hydrogen-bond donors (Lipinski definition) is 1. The summed E-state index contributed by atoms with van der Waals surface area (Å²) in [4.78, 5) is 16.4. The predicted molar refractivity (Wildman–Crippen MR) is 153 cm³/mol. The van der Waals surface area contributed by atoms with Crippen molar-refractivity contribution in [2.75, 3.05) is 39.0 Å². The minimum atomic E-state index is -1.25. The van der Waals surface area contributed by atoms with E-state index in [0.29, 0.717) is 30.3 Å². The normalized spacial score (nSPS) is 13.9. The molecule has 1 N–H and O–H groups in total. The quantitative estimate of drug-likeness (QED) is 0.292. The largest absolute Gasteiger partial charge is 0.454 e. The molecule has 1 amide bonds. The Morgan fingerprint density at radius 1 is 0.949 bits per heavy atom. The molecular formula is C29H34Cl2F3N3O2. The fourth-order valence-corrected chi connectivity index (χ4v) is 4.68. The van der Waals surface area contributed by atoms with Crippen LogP contribution in [0.1, 0.15) is 35.4 Å². The number of likely N-dealkylation sites (N-methyl/N-ethyl adjacent to an activating group) is 1. The third-order valence-electron chi connectivity index (χ3n) is 6.58. The number of nitrogens with zero attached hydrogens (tertiary/aromatic N) is 2. The first kappa shape index (κ1) is 32.4. The van der Waals surface area contributed by atoms with Crippen molar-refractivity contribution in [1.29, 1.82) is 0 Å². The Morgan fingerprint density at radius 2 is 1.59 bits per heavy atom. The highest BCUT2D eigenvalue weighted by molar-refractivity contribution is 5.92. The van der Waals surface area contributed by atoms with Gasteiger partial charge in [0.25, 0.3) is 0 Å². The van der Waals surface area contributed by atoms with Crippen LogP contribution in [0.15, 0.2) is 54.6 Å². The molecule has 1 aliphatic rings. The first-order chi connectivity index (χ1) is 17.7. The van der Waals surface area contributed by atoms with Crippen LogP contribution in [-0.2, 0) is 11.3 Å². The lowest BCUT2D eigenvalue weighted by atomic mass is 9.86. The van der Waals surface area contributed by atoms with Gasteiger partial charge in [-0.15, -0.1) is 24.8 Å². The first-order valence-corrected chi connectivity index (χ1v) is 12.4. The average molecular weight is 585 g/mol. The lowest BCUT2D eigenvalue weighted by Gasteiger charge is -2.33. The number of nitrogens with one attached hydrogen (secondary N) is 1. The molecule has 0 saturated carbocycles. The molecule has 10 heteroatoms. The fourth-order valence-electron chi connectivity index (χ4n) is 4.68. The Hall–Kier alpha value is -2.78. The molecule has 0 aliphatic carbocycles. The summed E-state index contributed by atoms with van der Waals surface area (Å²) < 4.78 is 45.8. The van der Waals surface area contributed by atoms with E-state index in [-0.39, 0.29) is 36.5 Å². The van der Waals surface area contributed by atoms with E-state index in [1.807, 2.05) is 37.2 Å². The Morgan fingerprint density at radius 3 is 2.23 bits per heavy atom. The van der Waals surface area contributed by atoms with Gasteiger partial charge in [-0.1, -0.05) is 18.2 Å². The van der Waals surface area contributed by atoms with Gasteiger partial charge in [0.15, 0.2) is 23.2 Å². The fraction of sp³-hybridized carbons (Fsp3) is 0.345. The predicted octanol–water partition coefficient (Wildman–Crippen LogP) is 6.93. The second kappa shape index (κ2) is 14.6. The number of carbonyl (C=O) groups is 1. The van der Waals surface area contributed by atoms with Crippen molar-refractivity contribution in [2.45, 2.75) is 32.2 Å². The van der Waals surface area contributed by atoms with E-state index >= 15 is 0 Å². The zero-order valence-corrected chi connectivity index (χ0v) is 23.8. The van der Waals surface area contributed by atoms with Crippen LogP contribution in [0.4, 0.5) is 18.9 Å². The summed E-state index contributed by atoms with van der Waals surface area (Å²) in [5.74, 6) is -2.97. The van der Waals surface area contributed by atoms with E-state index in [9.17, 15) is 18.0 Å². The van der Waals surface area contributed by atoms with Gasteiger partial charge in [0, 0.05) is 24.4 Å². The summed E-state index contributed by atoms with van der Waals surface area (Å²) in [5, 5.41) is 2.99. The highest BCUT2D eigenvalue weighted by atomic mass is 35.5. The number of ether oxygens (including phenoxy) is 1. The van der Waals surface area contributed by atoms with Crippen LogP contribution in [0.2, 0.25) is 0 Å². The number of benzene rings is 3. The van der Waals surface area contributed by atoms with Gasteiger partial charge in [0.05, 0.1) is 6.54 Å². The van der Waals surface area contributed by atoms with E-state index in [2.05, 4.69) is 29.3 Å². The molecule has 3 aromatic rings. The zero-order valence-electron chi connectivity index (χ0n) is 22.2. The molecule has 0 aromatic heterocycles. The van der Waals surface area contributed by atoms with Crippen molar-refractivity contribution in [2.24, 2.45) is 0 Å². The van der Waals surface area contributed by atoms with Crippen molar-refractivity contribution in [3.8, 4) is 11.5 Å². The number of amides is 1. The third kappa shape index (κ3) is 8.86. The van der Waals surface area contributed by atoms with E-state index in [0.717, 1.165) is 43.7 Å². The smallest absolute Gasteiger partial charge is 0.238 e. The molecule has 39 heavy (non-hydrogen) atoms. The Kier molecular flexibility index (Phi) is 12.1. The molecule has 1 aliphatic heterocycles. The number of carbonyl (C=O) groups excluding carboxylic acids is 1. The van der Waals surface area contributed by atoms with Crippen LogP contribution in [0.5, 0.6) is 11.5 Å². The van der Waals surface area contributed by atoms with E-state index in [1.54, 1.807) is 12.1 Å². The van der Waals surface area contributed by atoms with Crippen LogP contribution < -0.4 is 10.1 Å². The van der Waals surface area contributed by atoms with Gasteiger partial charge in [-0.25, -0.2) is 13.2 Å². The summed E-state index contributed by atoms with van der Waals surface area (Å²) in [6, 6.07) is 14.5.